The third-order valence-corrected chi connectivity index (χ3v) is 7.25. The first-order chi connectivity index (χ1) is 16.3. The maximum atomic E-state index is 13.3. The number of hydrogen-bond acceptors (Lipinski definition) is 4. The SMILES string of the molecule is CCc1cccc(NC(=O)C(Cc2ccccc2)NS(=O)(=O)c2ccc3c(c2)CCC(=O)N3)c1. The summed E-state index contributed by atoms with van der Waals surface area (Å²) in [5.41, 5.74) is 3.89. The van der Waals surface area contributed by atoms with Crippen molar-refractivity contribution in [1.29, 1.82) is 0 Å². The molecule has 3 N–H and O–H groups in total. The van der Waals surface area contributed by atoms with Crippen LogP contribution >= 0.6 is 0 Å². The van der Waals surface area contributed by atoms with Crippen molar-refractivity contribution in [3.8, 4) is 0 Å². The van der Waals surface area contributed by atoms with Crippen LogP contribution < -0.4 is 15.4 Å². The summed E-state index contributed by atoms with van der Waals surface area (Å²) in [5.74, 6) is -0.529. The molecular formula is C26H27N3O4S. The van der Waals surface area contributed by atoms with Crippen LogP contribution in [0, 0.1) is 0 Å². The first kappa shape index (κ1) is 23.7. The molecular weight excluding hydrogens is 450 g/mol. The molecule has 34 heavy (non-hydrogen) atoms. The van der Waals surface area contributed by atoms with Crippen LogP contribution in [0.5, 0.6) is 0 Å². The van der Waals surface area contributed by atoms with Crippen molar-refractivity contribution in [2.75, 3.05) is 10.6 Å². The van der Waals surface area contributed by atoms with E-state index in [1.807, 2.05) is 55.5 Å². The van der Waals surface area contributed by atoms with Crippen LogP contribution in [0.3, 0.4) is 0 Å². The van der Waals surface area contributed by atoms with E-state index in [1.54, 1.807) is 18.2 Å². The molecule has 0 aliphatic carbocycles. The largest absolute Gasteiger partial charge is 0.326 e. The number of nitrogens with one attached hydrogen (secondary N) is 3. The van der Waals surface area contributed by atoms with E-state index in [4.69, 9.17) is 0 Å². The zero-order chi connectivity index (χ0) is 24.1. The smallest absolute Gasteiger partial charge is 0.242 e. The number of fused-ring (bicyclic) bond motifs is 1. The van der Waals surface area contributed by atoms with Crippen LogP contribution in [-0.2, 0) is 38.9 Å². The number of amides is 2. The Morgan fingerprint density at radius 2 is 1.74 bits per heavy atom. The van der Waals surface area contributed by atoms with Crippen molar-refractivity contribution < 1.29 is 18.0 Å². The number of carbonyl (C=O) groups is 2. The minimum atomic E-state index is -4.00. The monoisotopic (exact) mass is 477 g/mol. The number of rotatable bonds is 8. The average Bonchev–Trinajstić information content (AvgIpc) is 2.84. The number of benzene rings is 3. The Morgan fingerprint density at radius 1 is 0.971 bits per heavy atom. The lowest BCUT2D eigenvalue weighted by Gasteiger charge is -2.21. The molecule has 4 rings (SSSR count). The van der Waals surface area contributed by atoms with Crippen LogP contribution in [-0.4, -0.2) is 26.3 Å². The fourth-order valence-corrected chi connectivity index (χ4v) is 5.16. The van der Waals surface area contributed by atoms with E-state index < -0.39 is 22.0 Å². The predicted molar refractivity (Wildman–Crippen MR) is 132 cm³/mol. The van der Waals surface area contributed by atoms with Crippen LogP contribution in [0.2, 0.25) is 0 Å². The molecule has 0 spiro atoms. The maximum Gasteiger partial charge on any atom is 0.242 e. The maximum absolute atomic E-state index is 13.3. The van der Waals surface area contributed by atoms with Gasteiger partial charge < -0.3 is 10.6 Å². The van der Waals surface area contributed by atoms with Crippen molar-refractivity contribution >= 4 is 33.2 Å². The average molecular weight is 478 g/mol. The molecule has 1 aliphatic heterocycles. The van der Waals surface area contributed by atoms with Gasteiger partial charge in [0, 0.05) is 17.8 Å². The second-order valence-corrected chi connectivity index (χ2v) is 9.99. The third kappa shape index (κ3) is 5.70. The molecule has 0 saturated heterocycles. The Hall–Kier alpha value is -3.49. The Kier molecular flexibility index (Phi) is 7.09. The molecule has 1 atom stereocenters. The number of anilines is 2. The molecule has 3 aromatic carbocycles. The quantitative estimate of drug-likeness (QED) is 0.461. The molecule has 1 unspecified atom stereocenters. The molecule has 3 aromatic rings. The molecule has 0 aromatic heterocycles. The lowest BCUT2D eigenvalue weighted by molar-refractivity contribution is -0.118. The highest BCUT2D eigenvalue weighted by Gasteiger charge is 2.27. The van der Waals surface area contributed by atoms with Gasteiger partial charge in [0.05, 0.1) is 4.90 Å². The fraction of sp³-hybridized carbons (Fsp3) is 0.231. The van der Waals surface area contributed by atoms with Crippen molar-refractivity contribution in [2.24, 2.45) is 0 Å². The second kappa shape index (κ2) is 10.2. The van der Waals surface area contributed by atoms with Crippen LogP contribution in [0.4, 0.5) is 11.4 Å². The normalized spacial score (nSPS) is 14.1. The number of hydrogen-bond donors (Lipinski definition) is 3. The highest BCUT2D eigenvalue weighted by molar-refractivity contribution is 7.89. The van der Waals surface area contributed by atoms with Gasteiger partial charge in [0.15, 0.2) is 0 Å². The molecule has 0 saturated carbocycles. The van der Waals surface area contributed by atoms with Gasteiger partial charge in [-0.15, -0.1) is 0 Å². The summed E-state index contributed by atoms with van der Waals surface area (Å²) in [5, 5.41) is 5.60. The van der Waals surface area contributed by atoms with Crippen molar-refractivity contribution in [2.45, 2.75) is 43.5 Å². The second-order valence-electron chi connectivity index (χ2n) is 8.27. The Bertz CT molecular complexity index is 1310. The van der Waals surface area contributed by atoms with Crippen LogP contribution in [0.15, 0.2) is 77.7 Å². The zero-order valence-electron chi connectivity index (χ0n) is 18.9. The lowest BCUT2D eigenvalue weighted by Crippen LogP contribution is -2.45. The molecule has 1 aliphatic rings. The van der Waals surface area contributed by atoms with Gasteiger partial charge in [-0.25, -0.2) is 8.42 Å². The van der Waals surface area contributed by atoms with E-state index in [1.165, 1.54) is 6.07 Å². The van der Waals surface area contributed by atoms with Gasteiger partial charge in [-0.3, -0.25) is 9.59 Å². The Balaban J connectivity index is 1.59. The molecule has 0 fully saturated rings. The van der Waals surface area contributed by atoms with E-state index in [0.29, 0.717) is 24.2 Å². The summed E-state index contributed by atoms with van der Waals surface area (Å²) in [7, 11) is -4.00. The zero-order valence-corrected chi connectivity index (χ0v) is 19.7. The number of sulfonamides is 1. The van der Waals surface area contributed by atoms with Crippen molar-refractivity contribution in [3.05, 3.63) is 89.5 Å². The topological polar surface area (TPSA) is 104 Å². The molecule has 0 radical (unpaired) electrons. The minimum absolute atomic E-state index is 0.0567. The van der Waals surface area contributed by atoms with Crippen LogP contribution in [0.1, 0.15) is 30.0 Å². The third-order valence-electron chi connectivity index (χ3n) is 5.78. The van der Waals surface area contributed by atoms with Gasteiger partial charge in [-0.2, -0.15) is 4.72 Å². The molecule has 7 nitrogen and oxygen atoms in total. The summed E-state index contributed by atoms with van der Waals surface area (Å²) in [6.07, 6.45) is 1.79. The van der Waals surface area contributed by atoms with E-state index in [9.17, 15) is 18.0 Å². The minimum Gasteiger partial charge on any atom is -0.326 e. The van der Waals surface area contributed by atoms with E-state index in [-0.39, 0.29) is 17.2 Å². The Morgan fingerprint density at radius 3 is 2.50 bits per heavy atom. The van der Waals surface area contributed by atoms with Gasteiger partial charge in [0.25, 0.3) is 0 Å². The standard InChI is InChI=1S/C26H27N3O4S/c1-2-18-9-6-10-21(15-18)27-26(31)24(16-19-7-4-3-5-8-19)29-34(32,33)22-12-13-23-20(17-22)11-14-25(30)28-23/h3-10,12-13,15,17,24,29H,2,11,14,16H2,1H3,(H,27,31)(H,28,30). The highest BCUT2D eigenvalue weighted by atomic mass is 32.2. The van der Waals surface area contributed by atoms with E-state index in [2.05, 4.69) is 15.4 Å². The molecule has 8 heteroatoms. The first-order valence-electron chi connectivity index (χ1n) is 11.2. The predicted octanol–water partition coefficient (Wildman–Crippen LogP) is 3.66. The van der Waals surface area contributed by atoms with Gasteiger partial charge in [0.2, 0.25) is 21.8 Å². The van der Waals surface area contributed by atoms with Gasteiger partial charge >= 0.3 is 0 Å². The summed E-state index contributed by atoms with van der Waals surface area (Å²) in [6.45, 7) is 2.03. The summed E-state index contributed by atoms with van der Waals surface area (Å²) in [6, 6.07) is 20.3. The van der Waals surface area contributed by atoms with Gasteiger partial charge in [-0.05, 0) is 66.3 Å². The van der Waals surface area contributed by atoms with E-state index >= 15 is 0 Å². The first-order valence-corrected chi connectivity index (χ1v) is 12.7. The van der Waals surface area contributed by atoms with Crippen molar-refractivity contribution in [1.82, 2.24) is 4.72 Å². The summed E-state index contributed by atoms with van der Waals surface area (Å²) >= 11 is 0. The van der Waals surface area contributed by atoms with Crippen molar-refractivity contribution in [3.63, 3.8) is 0 Å². The molecule has 2 amide bonds. The van der Waals surface area contributed by atoms with Gasteiger partial charge in [0.1, 0.15) is 6.04 Å². The lowest BCUT2D eigenvalue weighted by atomic mass is 10.0. The fourth-order valence-electron chi connectivity index (χ4n) is 3.92. The highest BCUT2D eigenvalue weighted by Crippen LogP contribution is 2.26. The molecule has 176 valence electrons. The van der Waals surface area contributed by atoms with Gasteiger partial charge in [-0.1, -0.05) is 49.4 Å². The number of carbonyl (C=O) groups excluding carboxylic acids is 2. The number of aryl methyl sites for hydroxylation is 2. The molecule has 0 bridgehead atoms. The Labute approximate surface area is 199 Å². The van der Waals surface area contributed by atoms with Crippen LogP contribution in [0.25, 0.3) is 0 Å². The molecule has 1 heterocycles. The summed E-state index contributed by atoms with van der Waals surface area (Å²) in [4.78, 5) is 24.9. The summed E-state index contributed by atoms with van der Waals surface area (Å²) < 4.78 is 29.1. The van der Waals surface area contributed by atoms with E-state index in [0.717, 1.165) is 23.1 Å².